The van der Waals surface area contributed by atoms with E-state index in [0.29, 0.717) is 6.54 Å². The second-order valence-corrected chi connectivity index (χ2v) is 4.01. The highest BCUT2D eigenvalue weighted by molar-refractivity contribution is 5.96. The van der Waals surface area contributed by atoms with Crippen molar-refractivity contribution in [1.82, 2.24) is 5.32 Å². The Bertz CT molecular complexity index is 387. The van der Waals surface area contributed by atoms with Crippen LogP contribution in [0.5, 0.6) is 0 Å². The summed E-state index contributed by atoms with van der Waals surface area (Å²) < 4.78 is 0. The van der Waals surface area contributed by atoms with Crippen LogP contribution in [-0.2, 0) is 4.79 Å². The Morgan fingerprint density at radius 1 is 1.33 bits per heavy atom. The second kappa shape index (κ2) is 4.03. The normalized spacial score (nSPS) is 16.9. The molecule has 0 unspecified atom stereocenters. The van der Waals surface area contributed by atoms with Crippen molar-refractivity contribution in [2.24, 2.45) is 0 Å². The van der Waals surface area contributed by atoms with Gasteiger partial charge in [-0.05, 0) is 31.0 Å². The molecule has 1 aliphatic rings. The molecule has 1 fully saturated rings. The van der Waals surface area contributed by atoms with E-state index in [-0.39, 0.29) is 5.91 Å². The number of rotatable bonds is 1. The lowest BCUT2D eigenvalue weighted by atomic mass is 10.1. The van der Waals surface area contributed by atoms with Gasteiger partial charge in [-0.15, -0.1) is 0 Å². The van der Waals surface area contributed by atoms with E-state index in [0.717, 1.165) is 24.3 Å². The largest absolute Gasteiger partial charge is 0.310 e. The SMILES string of the molecule is Cc1ccc(C)c(N2CCNCC2=O)c1. The maximum atomic E-state index is 11.7. The van der Waals surface area contributed by atoms with Gasteiger partial charge in [-0.25, -0.2) is 0 Å². The lowest BCUT2D eigenvalue weighted by Gasteiger charge is -2.29. The molecule has 0 bridgehead atoms. The van der Waals surface area contributed by atoms with E-state index in [1.807, 2.05) is 11.8 Å². The first-order valence-corrected chi connectivity index (χ1v) is 5.27. The minimum absolute atomic E-state index is 0.162. The maximum absolute atomic E-state index is 11.7. The number of benzene rings is 1. The fourth-order valence-electron chi connectivity index (χ4n) is 1.87. The first kappa shape index (κ1) is 10.2. The molecule has 1 heterocycles. The molecule has 0 saturated carbocycles. The Kier molecular flexibility index (Phi) is 2.73. The smallest absolute Gasteiger partial charge is 0.240 e. The van der Waals surface area contributed by atoms with Crippen LogP contribution in [0.4, 0.5) is 5.69 Å². The summed E-state index contributed by atoms with van der Waals surface area (Å²) in [6.45, 7) is 6.19. The third kappa shape index (κ3) is 2.02. The van der Waals surface area contributed by atoms with Gasteiger partial charge in [0.25, 0.3) is 0 Å². The Labute approximate surface area is 90.1 Å². The zero-order valence-electron chi connectivity index (χ0n) is 9.21. The van der Waals surface area contributed by atoms with Crippen molar-refractivity contribution in [1.29, 1.82) is 0 Å². The van der Waals surface area contributed by atoms with Crippen molar-refractivity contribution >= 4 is 11.6 Å². The van der Waals surface area contributed by atoms with Gasteiger partial charge in [0.15, 0.2) is 0 Å². The van der Waals surface area contributed by atoms with Crippen LogP contribution in [0.2, 0.25) is 0 Å². The highest BCUT2D eigenvalue weighted by Crippen LogP contribution is 2.22. The monoisotopic (exact) mass is 204 g/mol. The minimum Gasteiger partial charge on any atom is -0.310 e. The van der Waals surface area contributed by atoms with Crippen molar-refractivity contribution in [3.63, 3.8) is 0 Å². The van der Waals surface area contributed by atoms with Crippen LogP contribution in [0.1, 0.15) is 11.1 Å². The number of nitrogens with zero attached hydrogens (tertiary/aromatic N) is 1. The van der Waals surface area contributed by atoms with Gasteiger partial charge < -0.3 is 10.2 Å². The van der Waals surface area contributed by atoms with Crippen LogP contribution in [0.25, 0.3) is 0 Å². The fraction of sp³-hybridized carbons (Fsp3) is 0.417. The Morgan fingerprint density at radius 2 is 2.13 bits per heavy atom. The molecular weight excluding hydrogens is 188 g/mol. The van der Waals surface area contributed by atoms with Crippen LogP contribution in [0.15, 0.2) is 18.2 Å². The van der Waals surface area contributed by atoms with Gasteiger partial charge in [-0.2, -0.15) is 0 Å². The summed E-state index contributed by atoms with van der Waals surface area (Å²) >= 11 is 0. The first-order chi connectivity index (χ1) is 7.18. The van der Waals surface area contributed by atoms with Crippen molar-refractivity contribution < 1.29 is 4.79 Å². The van der Waals surface area contributed by atoms with Gasteiger partial charge in [-0.1, -0.05) is 12.1 Å². The number of piperazine rings is 1. The van der Waals surface area contributed by atoms with Crippen molar-refractivity contribution in [2.45, 2.75) is 13.8 Å². The number of hydrogen-bond acceptors (Lipinski definition) is 2. The zero-order valence-corrected chi connectivity index (χ0v) is 9.21. The van der Waals surface area contributed by atoms with Gasteiger partial charge in [0.1, 0.15) is 0 Å². The molecule has 1 saturated heterocycles. The molecule has 2 rings (SSSR count). The number of carbonyl (C=O) groups is 1. The Balaban J connectivity index is 2.34. The van der Waals surface area contributed by atoms with Crippen molar-refractivity contribution in [3.8, 4) is 0 Å². The summed E-state index contributed by atoms with van der Waals surface area (Å²) in [7, 11) is 0. The number of aryl methyl sites for hydroxylation is 2. The zero-order chi connectivity index (χ0) is 10.8. The summed E-state index contributed by atoms with van der Waals surface area (Å²) in [4.78, 5) is 13.6. The van der Waals surface area contributed by atoms with E-state index < -0.39 is 0 Å². The van der Waals surface area contributed by atoms with Crippen molar-refractivity contribution in [3.05, 3.63) is 29.3 Å². The van der Waals surface area contributed by atoms with E-state index in [1.165, 1.54) is 5.56 Å². The fourth-order valence-corrected chi connectivity index (χ4v) is 1.87. The molecule has 1 N–H and O–H groups in total. The van der Waals surface area contributed by atoms with Crippen LogP contribution < -0.4 is 10.2 Å². The summed E-state index contributed by atoms with van der Waals surface area (Å²) in [6.07, 6.45) is 0. The summed E-state index contributed by atoms with van der Waals surface area (Å²) in [5.74, 6) is 0.162. The summed E-state index contributed by atoms with van der Waals surface area (Å²) in [5, 5.41) is 3.08. The molecular formula is C12H16N2O. The molecule has 0 radical (unpaired) electrons. The number of anilines is 1. The molecule has 0 aromatic heterocycles. The van der Waals surface area contributed by atoms with Crippen LogP contribution in [0.3, 0.4) is 0 Å². The molecule has 1 aliphatic heterocycles. The molecule has 0 atom stereocenters. The molecule has 0 spiro atoms. The van der Waals surface area contributed by atoms with E-state index >= 15 is 0 Å². The lowest BCUT2D eigenvalue weighted by molar-refractivity contribution is -0.118. The summed E-state index contributed by atoms with van der Waals surface area (Å²) in [5.41, 5.74) is 3.42. The maximum Gasteiger partial charge on any atom is 0.240 e. The van der Waals surface area contributed by atoms with Crippen LogP contribution in [-0.4, -0.2) is 25.5 Å². The predicted molar refractivity (Wildman–Crippen MR) is 61.1 cm³/mol. The molecule has 1 aromatic carbocycles. The van der Waals surface area contributed by atoms with Gasteiger partial charge in [-0.3, -0.25) is 4.79 Å². The number of nitrogens with one attached hydrogen (secondary N) is 1. The van der Waals surface area contributed by atoms with Gasteiger partial charge in [0.05, 0.1) is 6.54 Å². The van der Waals surface area contributed by atoms with Crippen LogP contribution in [0, 0.1) is 13.8 Å². The lowest BCUT2D eigenvalue weighted by Crippen LogP contribution is -2.48. The highest BCUT2D eigenvalue weighted by atomic mass is 16.2. The quantitative estimate of drug-likeness (QED) is 0.746. The van der Waals surface area contributed by atoms with E-state index in [2.05, 4.69) is 30.4 Å². The standard InChI is InChI=1S/C12H16N2O/c1-9-3-4-10(2)11(7-9)14-6-5-13-8-12(14)15/h3-4,7,13H,5-6,8H2,1-2H3. The molecule has 3 nitrogen and oxygen atoms in total. The molecule has 3 heteroatoms. The Hall–Kier alpha value is -1.35. The minimum atomic E-state index is 0.162. The van der Waals surface area contributed by atoms with E-state index in [1.54, 1.807) is 0 Å². The molecule has 0 aliphatic carbocycles. The highest BCUT2D eigenvalue weighted by Gasteiger charge is 2.20. The number of hydrogen-bond donors (Lipinski definition) is 1. The van der Waals surface area contributed by atoms with Crippen LogP contribution >= 0.6 is 0 Å². The molecule has 80 valence electrons. The van der Waals surface area contributed by atoms with E-state index in [4.69, 9.17) is 0 Å². The average molecular weight is 204 g/mol. The number of amides is 1. The van der Waals surface area contributed by atoms with E-state index in [9.17, 15) is 4.79 Å². The second-order valence-electron chi connectivity index (χ2n) is 4.01. The third-order valence-corrected chi connectivity index (χ3v) is 2.74. The number of carbonyl (C=O) groups excluding carboxylic acids is 1. The molecule has 1 aromatic rings. The first-order valence-electron chi connectivity index (χ1n) is 5.27. The summed E-state index contributed by atoms with van der Waals surface area (Å²) in [6, 6.07) is 6.23. The van der Waals surface area contributed by atoms with Gasteiger partial charge in [0, 0.05) is 18.8 Å². The topological polar surface area (TPSA) is 32.3 Å². The average Bonchev–Trinajstić information content (AvgIpc) is 2.23. The van der Waals surface area contributed by atoms with Gasteiger partial charge >= 0.3 is 0 Å². The third-order valence-electron chi connectivity index (χ3n) is 2.74. The van der Waals surface area contributed by atoms with Gasteiger partial charge in [0.2, 0.25) is 5.91 Å². The van der Waals surface area contributed by atoms with Crippen molar-refractivity contribution in [2.75, 3.05) is 24.5 Å². The molecule has 15 heavy (non-hydrogen) atoms. The molecule has 1 amide bonds. The predicted octanol–water partition coefficient (Wildman–Crippen LogP) is 1.24. The Morgan fingerprint density at radius 3 is 2.87 bits per heavy atom.